The van der Waals surface area contributed by atoms with Crippen LogP contribution in [0.2, 0.25) is 0 Å². The average Bonchev–Trinajstić information content (AvgIpc) is 2.91. The molecule has 0 aromatic carbocycles. The lowest BCUT2D eigenvalue weighted by atomic mass is 9.48. The highest BCUT2D eigenvalue weighted by atomic mass is 16.2. The second kappa shape index (κ2) is 6.09. The van der Waals surface area contributed by atoms with Crippen LogP contribution in [0, 0.1) is 34.5 Å². The first-order valence-electron chi connectivity index (χ1n) is 10.9. The van der Waals surface area contributed by atoms with E-state index in [2.05, 4.69) is 51.3 Å². The number of hydrogen-bond acceptors (Lipinski definition) is 2. The van der Waals surface area contributed by atoms with Crippen molar-refractivity contribution in [3.63, 3.8) is 0 Å². The standard InChI is InChI=1S/C23H36N2O2/c1-21(2,3)25-20(27)17-8-7-15-14-6-9-18-23(5,13-11-19(26)24-18)16(14)10-12-22(15,17)4/h11,13-18H,6-10,12H2,1-5H3,(H,24,26)(H,25,27)/t14-,15-,16-,17+,18+,22-,23+/m1/s1. The molecular formula is C23H36N2O2. The van der Waals surface area contributed by atoms with Gasteiger partial charge in [0.25, 0.3) is 0 Å². The molecule has 1 aliphatic heterocycles. The van der Waals surface area contributed by atoms with Gasteiger partial charge in [-0.3, -0.25) is 9.59 Å². The molecule has 7 atom stereocenters. The van der Waals surface area contributed by atoms with Crippen LogP contribution in [0.3, 0.4) is 0 Å². The molecule has 4 aliphatic rings. The lowest BCUT2D eigenvalue weighted by Crippen LogP contribution is -2.59. The van der Waals surface area contributed by atoms with E-state index in [1.165, 1.54) is 19.3 Å². The molecule has 1 heterocycles. The lowest BCUT2D eigenvalue weighted by Gasteiger charge is -2.58. The van der Waals surface area contributed by atoms with Crippen LogP contribution in [-0.2, 0) is 9.59 Å². The fraction of sp³-hybridized carbons (Fsp3) is 0.826. The summed E-state index contributed by atoms with van der Waals surface area (Å²) in [6, 6.07) is 0.280. The molecule has 2 N–H and O–H groups in total. The second-order valence-corrected chi connectivity index (χ2v) is 11.1. The van der Waals surface area contributed by atoms with Gasteiger partial charge in [-0.15, -0.1) is 0 Å². The summed E-state index contributed by atoms with van der Waals surface area (Å²) in [6.07, 6.45) is 10.7. The van der Waals surface area contributed by atoms with Gasteiger partial charge >= 0.3 is 0 Å². The molecule has 3 saturated carbocycles. The van der Waals surface area contributed by atoms with Crippen LogP contribution in [0.25, 0.3) is 0 Å². The minimum Gasteiger partial charge on any atom is -0.351 e. The zero-order chi connectivity index (χ0) is 19.6. The Morgan fingerprint density at radius 3 is 2.56 bits per heavy atom. The molecule has 0 aromatic heterocycles. The van der Waals surface area contributed by atoms with E-state index in [0.717, 1.165) is 19.3 Å². The molecule has 0 aromatic rings. The molecule has 3 fully saturated rings. The van der Waals surface area contributed by atoms with E-state index in [1.807, 2.05) is 0 Å². The van der Waals surface area contributed by atoms with Crippen molar-refractivity contribution in [2.75, 3.05) is 0 Å². The van der Waals surface area contributed by atoms with E-state index in [1.54, 1.807) is 6.08 Å². The molecule has 0 bridgehead atoms. The predicted octanol–water partition coefficient (Wildman–Crippen LogP) is 3.81. The smallest absolute Gasteiger partial charge is 0.243 e. The molecule has 3 aliphatic carbocycles. The summed E-state index contributed by atoms with van der Waals surface area (Å²) in [7, 11) is 0. The third-order valence-electron chi connectivity index (χ3n) is 8.50. The monoisotopic (exact) mass is 372 g/mol. The largest absolute Gasteiger partial charge is 0.351 e. The minimum atomic E-state index is -0.167. The van der Waals surface area contributed by atoms with Crippen LogP contribution in [-0.4, -0.2) is 23.4 Å². The van der Waals surface area contributed by atoms with Crippen LogP contribution >= 0.6 is 0 Å². The molecule has 4 heteroatoms. The first kappa shape index (κ1) is 19.0. The van der Waals surface area contributed by atoms with E-state index >= 15 is 0 Å². The predicted molar refractivity (Wildman–Crippen MR) is 107 cm³/mol. The van der Waals surface area contributed by atoms with Gasteiger partial charge in [0.2, 0.25) is 11.8 Å². The maximum Gasteiger partial charge on any atom is 0.243 e. The normalized spacial score (nSPS) is 46.1. The Balaban J connectivity index is 1.58. The molecule has 2 amide bonds. The molecule has 4 nitrogen and oxygen atoms in total. The lowest BCUT2D eigenvalue weighted by molar-refractivity contribution is -0.135. The third kappa shape index (κ3) is 2.94. The number of fused-ring (bicyclic) bond motifs is 5. The van der Waals surface area contributed by atoms with E-state index in [9.17, 15) is 9.59 Å². The number of carbonyl (C=O) groups is 2. The van der Waals surface area contributed by atoms with Gasteiger partial charge in [0.15, 0.2) is 0 Å². The van der Waals surface area contributed by atoms with E-state index in [4.69, 9.17) is 0 Å². The van der Waals surface area contributed by atoms with Crippen molar-refractivity contribution in [1.29, 1.82) is 0 Å². The minimum absolute atomic E-state index is 0.0661. The van der Waals surface area contributed by atoms with Gasteiger partial charge in [-0.2, -0.15) is 0 Å². The SMILES string of the molecule is CC(C)(C)NC(=O)[C@@H]1CC[C@@H]2[C@H]3CC[C@@H]4NC(=O)C=C[C@@]4(C)[C@@H]3CC[C@]21C. The Morgan fingerprint density at radius 2 is 1.85 bits per heavy atom. The third-order valence-corrected chi connectivity index (χ3v) is 8.50. The molecular weight excluding hydrogens is 336 g/mol. The molecule has 0 radical (unpaired) electrons. The van der Waals surface area contributed by atoms with Crippen molar-refractivity contribution in [1.82, 2.24) is 10.6 Å². The summed E-state index contributed by atoms with van der Waals surface area (Å²) in [5.74, 6) is 2.41. The number of nitrogens with one attached hydrogen (secondary N) is 2. The molecule has 0 saturated heterocycles. The number of carbonyl (C=O) groups excluding carboxylic acids is 2. The zero-order valence-electron chi connectivity index (χ0n) is 17.6. The van der Waals surface area contributed by atoms with Gasteiger partial charge in [-0.1, -0.05) is 19.9 Å². The Morgan fingerprint density at radius 1 is 1.11 bits per heavy atom. The van der Waals surface area contributed by atoms with Crippen LogP contribution < -0.4 is 10.6 Å². The zero-order valence-corrected chi connectivity index (χ0v) is 17.6. The summed E-state index contributed by atoms with van der Waals surface area (Å²) in [5, 5.41) is 6.48. The molecule has 4 rings (SSSR count). The van der Waals surface area contributed by atoms with Gasteiger partial charge in [-0.25, -0.2) is 0 Å². The summed E-state index contributed by atoms with van der Waals surface area (Å²) in [5.41, 5.74) is 0.0323. The van der Waals surface area contributed by atoms with Crippen molar-refractivity contribution in [3.8, 4) is 0 Å². The van der Waals surface area contributed by atoms with Crippen molar-refractivity contribution < 1.29 is 9.59 Å². The Labute approximate surface area is 163 Å². The Kier molecular flexibility index (Phi) is 4.29. The van der Waals surface area contributed by atoms with Gasteiger partial charge in [0.05, 0.1) is 0 Å². The average molecular weight is 373 g/mol. The highest BCUT2D eigenvalue weighted by Gasteiger charge is 2.60. The summed E-state index contributed by atoms with van der Waals surface area (Å²) in [6.45, 7) is 11.0. The number of rotatable bonds is 1. The van der Waals surface area contributed by atoms with E-state index in [-0.39, 0.29) is 40.1 Å². The fourth-order valence-corrected chi connectivity index (χ4v) is 7.22. The Hall–Kier alpha value is -1.32. The van der Waals surface area contributed by atoms with Crippen molar-refractivity contribution in [2.24, 2.45) is 34.5 Å². The second-order valence-electron chi connectivity index (χ2n) is 11.1. The highest BCUT2D eigenvalue weighted by Crippen LogP contribution is 2.65. The van der Waals surface area contributed by atoms with Crippen LogP contribution in [0.4, 0.5) is 0 Å². The number of amides is 2. The van der Waals surface area contributed by atoms with E-state index < -0.39 is 0 Å². The molecule has 0 spiro atoms. The topological polar surface area (TPSA) is 58.2 Å². The molecule has 0 unspecified atom stereocenters. The summed E-state index contributed by atoms with van der Waals surface area (Å²) in [4.78, 5) is 24.9. The first-order chi connectivity index (χ1) is 12.5. The molecule has 150 valence electrons. The van der Waals surface area contributed by atoms with Crippen LogP contribution in [0.5, 0.6) is 0 Å². The van der Waals surface area contributed by atoms with Crippen molar-refractivity contribution in [3.05, 3.63) is 12.2 Å². The first-order valence-corrected chi connectivity index (χ1v) is 10.9. The highest BCUT2D eigenvalue weighted by molar-refractivity contribution is 5.89. The van der Waals surface area contributed by atoms with Gasteiger partial charge in [-0.05, 0) is 88.5 Å². The van der Waals surface area contributed by atoms with Gasteiger partial charge < -0.3 is 10.6 Å². The quantitative estimate of drug-likeness (QED) is 0.735. The van der Waals surface area contributed by atoms with Gasteiger partial charge in [0, 0.05) is 22.9 Å². The summed E-state index contributed by atoms with van der Waals surface area (Å²) >= 11 is 0. The maximum absolute atomic E-state index is 13.0. The van der Waals surface area contributed by atoms with E-state index in [0.29, 0.717) is 17.8 Å². The summed E-state index contributed by atoms with van der Waals surface area (Å²) < 4.78 is 0. The Bertz CT molecular complexity index is 678. The maximum atomic E-state index is 13.0. The van der Waals surface area contributed by atoms with Crippen molar-refractivity contribution in [2.45, 2.75) is 84.7 Å². The fourth-order valence-electron chi connectivity index (χ4n) is 7.22. The van der Waals surface area contributed by atoms with Gasteiger partial charge in [0.1, 0.15) is 0 Å². The van der Waals surface area contributed by atoms with Crippen LogP contribution in [0.1, 0.15) is 73.1 Å². The van der Waals surface area contributed by atoms with Crippen molar-refractivity contribution >= 4 is 11.8 Å². The van der Waals surface area contributed by atoms with Crippen LogP contribution in [0.15, 0.2) is 12.2 Å². The number of hydrogen-bond donors (Lipinski definition) is 2. The molecule has 27 heavy (non-hydrogen) atoms.